The molecule has 4 aromatic rings. The van der Waals surface area contributed by atoms with Gasteiger partial charge in [0.05, 0.1) is 31.4 Å². The van der Waals surface area contributed by atoms with Crippen LogP contribution in [0.3, 0.4) is 0 Å². The molecule has 0 N–H and O–H groups in total. The van der Waals surface area contributed by atoms with E-state index in [4.69, 9.17) is 9.47 Å². The van der Waals surface area contributed by atoms with Crippen LogP contribution in [0.5, 0.6) is 11.5 Å². The largest absolute Gasteiger partial charge is 0.493 e. The molecule has 32 heavy (non-hydrogen) atoms. The minimum atomic E-state index is -3.80. The topological polar surface area (TPSA) is 68.7 Å². The first-order chi connectivity index (χ1) is 15.5. The van der Waals surface area contributed by atoms with Crippen molar-refractivity contribution in [2.75, 3.05) is 14.2 Å². The van der Waals surface area contributed by atoms with Gasteiger partial charge in [0.1, 0.15) is 0 Å². The molecule has 3 aromatic carbocycles. The van der Waals surface area contributed by atoms with Crippen molar-refractivity contribution in [1.29, 1.82) is 0 Å². The summed E-state index contributed by atoms with van der Waals surface area (Å²) in [6.45, 7) is 0.302. The summed E-state index contributed by atoms with van der Waals surface area (Å²) in [7, 11) is -0.684. The Labute approximate surface area is 188 Å². The molecule has 0 bridgehead atoms. The molecule has 0 saturated carbocycles. The number of pyridine rings is 1. The Kier molecular flexibility index (Phi) is 6.39. The van der Waals surface area contributed by atoms with Crippen LogP contribution in [0.25, 0.3) is 10.8 Å². The highest BCUT2D eigenvalue weighted by molar-refractivity contribution is 7.89. The van der Waals surface area contributed by atoms with Crippen molar-refractivity contribution in [3.05, 3.63) is 96.3 Å². The Balaban J connectivity index is 1.74. The van der Waals surface area contributed by atoms with E-state index in [-0.39, 0.29) is 18.0 Å². The second kappa shape index (κ2) is 9.38. The van der Waals surface area contributed by atoms with Crippen LogP contribution < -0.4 is 9.47 Å². The lowest BCUT2D eigenvalue weighted by atomic mass is 10.1. The quantitative estimate of drug-likeness (QED) is 0.393. The average Bonchev–Trinajstić information content (AvgIpc) is 2.83. The van der Waals surface area contributed by atoms with Crippen LogP contribution in [-0.2, 0) is 23.1 Å². The molecule has 0 aliphatic heterocycles. The molecule has 164 valence electrons. The summed E-state index contributed by atoms with van der Waals surface area (Å²) in [6.07, 6.45) is 1.66. The molecule has 1 aromatic heterocycles. The average molecular weight is 449 g/mol. The van der Waals surface area contributed by atoms with E-state index >= 15 is 0 Å². The smallest absolute Gasteiger partial charge is 0.243 e. The first-order valence-corrected chi connectivity index (χ1v) is 11.5. The third kappa shape index (κ3) is 4.59. The number of benzene rings is 3. The van der Waals surface area contributed by atoms with E-state index in [9.17, 15) is 8.42 Å². The van der Waals surface area contributed by atoms with Gasteiger partial charge in [-0.1, -0.05) is 42.5 Å². The third-order valence-corrected chi connectivity index (χ3v) is 7.02. The van der Waals surface area contributed by atoms with Gasteiger partial charge in [0, 0.05) is 12.7 Å². The molecule has 6 nitrogen and oxygen atoms in total. The Morgan fingerprint density at radius 2 is 1.53 bits per heavy atom. The number of nitrogens with zero attached hydrogens (tertiary/aromatic N) is 2. The standard InChI is InChI=1S/C25H24N2O4S/c1-30-24-13-10-19(15-25(24)31-2)17-27(18-22-9-5-6-14-26-22)32(28,29)23-12-11-20-7-3-4-8-21(20)16-23/h3-16H,17-18H2,1-2H3. The molecule has 0 saturated heterocycles. The molecule has 0 amide bonds. The summed E-state index contributed by atoms with van der Waals surface area (Å²) in [6, 6.07) is 23.8. The Bertz CT molecular complexity index is 1320. The molecule has 0 aliphatic rings. The van der Waals surface area contributed by atoms with E-state index < -0.39 is 10.0 Å². The van der Waals surface area contributed by atoms with Crippen molar-refractivity contribution >= 4 is 20.8 Å². The minimum Gasteiger partial charge on any atom is -0.493 e. The number of hydrogen-bond donors (Lipinski definition) is 0. The van der Waals surface area contributed by atoms with Gasteiger partial charge in [-0.25, -0.2) is 8.42 Å². The van der Waals surface area contributed by atoms with Crippen LogP contribution in [0, 0.1) is 0 Å². The van der Waals surface area contributed by atoms with E-state index in [0.717, 1.165) is 16.3 Å². The number of aromatic nitrogens is 1. The van der Waals surface area contributed by atoms with Crippen LogP contribution in [0.2, 0.25) is 0 Å². The van der Waals surface area contributed by atoms with Gasteiger partial charge >= 0.3 is 0 Å². The summed E-state index contributed by atoms with van der Waals surface area (Å²) < 4.78 is 39.5. The van der Waals surface area contributed by atoms with Crippen LogP contribution in [-0.4, -0.2) is 31.9 Å². The monoisotopic (exact) mass is 448 g/mol. The SMILES string of the molecule is COc1ccc(CN(Cc2ccccn2)S(=O)(=O)c2ccc3ccccc3c2)cc1OC. The minimum absolute atomic E-state index is 0.143. The maximum Gasteiger partial charge on any atom is 0.243 e. The summed E-state index contributed by atoms with van der Waals surface area (Å²) in [5.41, 5.74) is 1.44. The third-order valence-electron chi connectivity index (χ3n) is 5.23. The maximum atomic E-state index is 13.7. The van der Waals surface area contributed by atoms with Gasteiger partial charge in [-0.15, -0.1) is 0 Å². The number of fused-ring (bicyclic) bond motifs is 1. The molecule has 0 unspecified atom stereocenters. The Hall–Kier alpha value is -3.42. The molecule has 0 aliphatic carbocycles. The normalized spacial score (nSPS) is 11.6. The zero-order valence-electron chi connectivity index (χ0n) is 17.9. The van der Waals surface area contributed by atoms with Gasteiger partial charge in [0.2, 0.25) is 10.0 Å². The lowest BCUT2D eigenvalue weighted by Crippen LogP contribution is -2.30. The highest BCUT2D eigenvalue weighted by Gasteiger charge is 2.26. The van der Waals surface area contributed by atoms with Gasteiger partial charge < -0.3 is 9.47 Å². The van der Waals surface area contributed by atoms with Crippen molar-refractivity contribution in [1.82, 2.24) is 9.29 Å². The molecule has 0 fully saturated rings. The van der Waals surface area contributed by atoms with E-state index in [2.05, 4.69) is 4.98 Å². The van der Waals surface area contributed by atoms with E-state index in [1.165, 1.54) is 4.31 Å². The fourth-order valence-corrected chi connectivity index (χ4v) is 4.99. The number of ether oxygens (including phenoxy) is 2. The van der Waals surface area contributed by atoms with Crippen molar-refractivity contribution < 1.29 is 17.9 Å². The molecule has 0 atom stereocenters. The van der Waals surface area contributed by atoms with E-state index in [1.54, 1.807) is 50.7 Å². The van der Waals surface area contributed by atoms with Crippen LogP contribution in [0.4, 0.5) is 0 Å². The van der Waals surface area contributed by atoms with Gasteiger partial charge in [-0.05, 0) is 52.7 Å². The van der Waals surface area contributed by atoms with Gasteiger partial charge in [-0.2, -0.15) is 4.31 Å². The number of methoxy groups -OCH3 is 2. The fraction of sp³-hybridized carbons (Fsp3) is 0.160. The molecule has 0 spiro atoms. The molecule has 4 rings (SSSR count). The van der Waals surface area contributed by atoms with Crippen molar-refractivity contribution in [2.45, 2.75) is 18.0 Å². The summed E-state index contributed by atoms with van der Waals surface area (Å²) in [5, 5.41) is 1.86. The predicted octanol–water partition coefficient (Wildman–Crippen LogP) is 4.64. The van der Waals surface area contributed by atoms with E-state index in [1.807, 2.05) is 48.5 Å². The van der Waals surface area contributed by atoms with Crippen molar-refractivity contribution in [3.63, 3.8) is 0 Å². The van der Waals surface area contributed by atoms with Crippen LogP contribution >= 0.6 is 0 Å². The zero-order chi connectivity index (χ0) is 22.6. The summed E-state index contributed by atoms with van der Waals surface area (Å²) in [5.74, 6) is 1.14. The van der Waals surface area contributed by atoms with Gasteiger partial charge in [-0.3, -0.25) is 4.98 Å². The van der Waals surface area contributed by atoms with Gasteiger partial charge in [0.15, 0.2) is 11.5 Å². The van der Waals surface area contributed by atoms with Crippen molar-refractivity contribution in [3.8, 4) is 11.5 Å². The first-order valence-electron chi connectivity index (χ1n) is 10.1. The van der Waals surface area contributed by atoms with Crippen LogP contribution in [0.1, 0.15) is 11.3 Å². The van der Waals surface area contributed by atoms with Gasteiger partial charge in [0.25, 0.3) is 0 Å². The van der Waals surface area contributed by atoms with Crippen molar-refractivity contribution in [2.24, 2.45) is 0 Å². The molecule has 1 heterocycles. The fourth-order valence-electron chi connectivity index (χ4n) is 3.56. The number of hydrogen-bond acceptors (Lipinski definition) is 5. The molecule has 7 heteroatoms. The molecular weight excluding hydrogens is 424 g/mol. The predicted molar refractivity (Wildman–Crippen MR) is 124 cm³/mol. The Morgan fingerprint density at radius 1 is 0.781 bits per heavy atom. The molecular formula is C25H24N2O4S. The Morgan fingerprint density at radius 3 is 2.25 bits per heavy atom. The first kappa shape index (κ1) is 21.8. The second-order valence-corrected chi connectivity index (χ2v) is 9.23. The highest BCUT2D eigenvalue weighted by atomic mass is 32.2. The number of rotatable bonds is 8. The van der Waals surface area contributed by atoms with Crippen LogP contribution in [0.15, 0.2) is 90.0 Å². The second-order valence-electron chi connectivity index (χ2n) is 7.29. The van der Waals surface area contributed by atoms with E-state index in [0.29, 0.717) is 17.2 Å². The molecule has 0 radical (unpaired) electrons. The zero-order valence-corrected chi connectivity index (χ0v) is 18.7. The lowest BCUT2D eigenvalue weighted by Gasteiger charge is -2.23. The maximum absolute atomic E-state index is 13.7. The lowest BCUT2D eigenvalue weighted by molar-refractivity contribution is 0.352. The number of sulfonamides is 1. The summed E-state index contributed by atoms with van der Waals surface area (Å²) >= 11 is 0. The highest BCUT2D eigenvalue weighted by Crippen LogP contribution is 2.30. The summed E-state index contributed by atoms with van der Waals surface area (Å²) in [4.78, 5) is 4.57.